The molecule has 0 amide bonds. The third-order valence-electron chi connectivity index (χ3n) is 6.04. The zero-order valence-corrected chi connectivity index (χ0v) is 20.6. The SMILES string of the molecule is CC1CCCN(C(=N)N(CC(C)(C)CN)c2ccc(OCc3cccc(OC(F)(F)F)c3)cc2)C1. The van der Waals surface area contributed by atoms with Crippen LogP contribution in [0.15, 0.2) is 48.5 Å². The maximum absolute atomic E-state index is 12.5. The van der Waals surface area contributed by atoms with Gasteiger partial charge in [0.25, 0.3) is 0 Å². The first-order chi connectivity index (χ1) is 16.5. The van der Waals surface area contributed by atoms with Crippen LogP contribution in [-0.2, 0) is 6.61 Å². The summed E-state index contributed by atoms with van der Waals surface area (Å²) in [4.78, 5) is 4.12. The highest BCUT2D eigenvalue weighted by Gasteiger charge is 2.31. The molecule has 6 nitrogen and oxygen atoms in total. The molecule has 0 aliphatic carbocycles. The number of alkyl halides is 3. The number of anilines is 1. The number of nitrogens with zero attached hydrogens (tertiary/aromatic N) is 2. The highest BCUT2D eigenvalue weighted by Crippen LogP contribution is 2.28. The summed E-state index contributed by atoms with van der Waals surface area (Å²) in [6.45, 7) is 9.29. The zero-order chi connectivity index (χ0) is 25.6. The minimum absolute atomic E-state index is 0.0970. The molecule has 0 saturated carbocycles. The molecule has 1 unspecified atom stereocenters. The minimum Gasteiger partial charge on any atom is -0.489 e. The van der Waals surface area contributed by atoms with Crippen LogP contribution in [0.5, 0.6) is 11.5 Å². The average Bonchev–Trinajstić information content (AvgIpc) is 2.80. The van der Waals surface area contributed by atoms with Gasteiger partial charge in [-0.05, 0) is 72.7 Å². The van der Waals surface area contributed by atoms with E-state index in [1.165, 1.54) is 24.6 Å². The largest absolute Gasteiger partial charge is 0.573 e. The van der Waals surface area contributed by atoms with Crippen LogP contribution in [0.2, 0.25) is 0 Å². The number of rotatable bonds is 8. The molecule has 2 aromatic carbocycles. The van der Waals surface area contributed by atoms with E-state index >= 15 is 0 Å². The van der Waals surface area contributed by atoms with Gasteiger partial charge in [-0.3, -0.25) is 5.41 Å². The molecule has 1 aliphatic rings. The smallest absolute Gasteiger partial charge is 0.489 e. The van der Waals surface area contributed by atoms with Crippen LogP contribution in [0, 0.1) is 16.7 Å². The molecule has 1 aliphatic heterocycles. The Hall–Kier alpha value is -2.94. The summed E-state index contributed by atoms with van der Waals surface area (Å²) in [5.41, 5.74) is 7.23. The summed E-state index contributed by atoms with van der Waals surface area (Å²) < 4.78 is 47.1. The monoisotopic (exact) mass is 492 g/mol. The van der Waals surface area contributed by atoms with Crippen LogP contribution >= 0.6 is 0 Å². The third kappa shape index (κ3) is 8.06. The molecule has 0 aromatic heterocycles. The van der Waals surface area contributed by atoms with Gasteiger partial charge in [0.1, 0.15) is 18.1 Å². The minimum atomic E-state index is -4.74. The van der Waals surface area contributed by atoms with Gasteiger partial charge in [0.2, 0.25) is 0 Å². The Kier molecular flexibility index (Phi) is 8.53. The number of benzene rings is 2. The van der Waals surface area contributed by atoms with Crippen molar-refractivity contribution in [1.29, 1.82) is 5.41 Å². The van der Waals surface area contributed by atoms with Crippen LogP contribution in [0.1, 0.15) is 39.2 Å². The van der Waals surface area contributed by atoms with E-state index < -0.39 is 6.36 Å². The first kappa shape index (κ1) is 26.7. The second kappa shape index (κ2) is 11.2. The Labute approximate surface area is 205 Å². The van der Waals surface area contributed by atoms with Crippen molar-refractivity contribution in [3.05, 3.63) is 54.1 Å². The van der Waals surface area contributed by atoms with Crippen molar-refractivity contribution in [3.8, 4) is 11.5 Å². The summed E-state index contributed by atoms with van der Waals surface area (Å²) in [6.07, 6.45) is -2.49. The molecule has 0 spiro atoms. The number of hydrogen-bond donors (Lipinski definition) is 2. The number of hydrogen-bond acceptors (Lipinski definition) is 4. The molecule has 1 saturated heterocycles. The molecule has 1 fully saturated rings. The molecule has 3 N–H and O–H groups in total. The second-order valence-corrected chi connectivity index (χ2v) is 9.95. The number of nitrogens with two attached hydrogens (primary N) is 1. The highest BCUT2D eigenvalue weighted by atomic mass is 19.4. The summed E-state index contributed by atoms with van der Waals surface area (Å²) in [5, 5.41) is 8.94. The van der Waals surface area contributed by atoms with Crippen LogP contribution in [0.25, 0.3) is 0 Å². The molecule has 0 radical (unpaired) electrons. The number of halogens is 3. The van der Waals surface area contributed by atoms with E-state index in [0.717, 1.165) is 25.2 Å². The number of likely N-dealkylation sites (tertiary alicyclic amines) is 1. The van der Waals surface area contributed by atoms with Gasteiger partial charge in [-0.25, -0.2) is 0 Å². The Balaban J connectivity index is 1.71. The van der Waals surface area contributed by atoms with Crippen LogP contribution < -0.4 is 20.1 Å². The summed E-state index contributed by atoms with van der Waals surface area (Å²) >= 11 is 0. The second-order valence-electron chi connectivity index (χ2n) is 9.95. The van der Waals surface area contributed by atoms with Crippen molar-refractivity contribution in [2.24, 2.45) is 17.1 Å². The van der Waals surface area contributed by atoms with E-state index in [9.17, 15) is 13.2 Å². The molecule has 9 heteroatoms. The van der Waals surface area contributed by atoms with E-state index in [4.69, 9.17) is 15.9 Å². The predicted octanol–water partition coefficient (Wildman–Crippen LogP) is 5.62. The normalized spacial score (nSPS) is 16.7. The molecule has 2 aromatic rings. The fraction of sp³-hybridized carbons (Fsp3) is 0.500. The van der Waals surface area contributed by atoms with Gasteiger partial charge in [-0.15, -0.1) is 13.2 Å². The maximum Gasteiger partial charge on any atom is 0.573 e. The van der Waals surface area contributed by atoms with Gasteiger partial charge in [-0.2, -0.15) is 0 Å². The highest BCUT2D eigenvalue weighted by molar-refractivity contribution is 5.94. The molecule has 35 heavy (non-hydrogen) atoms. The van der Waals surface area contributed by atoms with Crippen molar-refractivity contribution in [1.82, 2.24) is 4.90 Å². The zero-order valence-electron chi connectivity index (χ0n) is 20.6. The maximum atomic E-state index is 12.5. The lowest BCUT2D eigenvalue weighted by molar-refractivity contribution is -0.274. The van der Waals surface area contributed by atoms with Crippen LogP contribution in [0.4, 0.5) is 18.9 Å². The standard InChI is InChI=1S/C26H35F3N4O2/c1-19-6-5-13-32(15-19)24(31)33(18-25(2,3)17-30)21-9-11-22(12-10-21)34-16-20-7-4-8-23(14-20)35-26(27,28)29/h4,7-12,14,19,31H,5-6,13,15-18,30H2,1-3H3. The van der Waals surface area contributed by atoms with E-state index in [2.05, 4.69) is 30.4 Å². The van der Waals surface area contributed by atoms with Crippen molar-refractivity contribution in [2.45, 2.75) is 46.6 Å². The summed E-state index contributed by atoms with van der Waals surface area (Å²) in [6, 6.07) is 13.1. The topological polar surface area (TPSA) is 74.8 Å². The van der Waals surface area contributed by atoms with Crippen molar-refractivity contribution in [3.63, 3.8) is 0 Å². The van der Waals surface area contributed by atoms with Crippen molar-refractivity contribution < 1.29 is 22.6 Å². The van der Waals surface area contributed by atoms with Crippen molar-refractivity contribution >= 4 is 11.6 Å². The predicted molar refractivity (Wildman–Crippen MR) is 132 cm³/mol. The molecule has 1 heterocycles. The third-order valence-corrected chi connectivity index (χ3v) is 6.04. The van der Waals surface area contributed by atoms with E-state index in [-0.39, 0.29) is 17.8 Å². The fourth-order valence-electron chi connectivity index (χ4n) is 4.05. The molecule has 1 atom stereocenters. The lowest BCUT2D eigenvalue weighted by Crippen LogP contribution is -2.51. The summed E-state index contributed by atoms with van der Waals surface area (Å²) in [5.74, 6) is 1.31. The number of ether oxygens (including phenoxy) is 2. The molecular formula is C26H35F3N4O2. The Bertz CT molecular complexity index is 979. The first-order valence-corrected chi connectivity index (χ1v) is 11.8. The molecule has 192 valence electrons. The first-order valence-electron chi connectivity index (χ1n) is 11.8. The molecular weight excluding hydrogens is 457 g/mol. The van der Waals surface area contributed by atoms with Gasteiger partial charge in [0.15, 0.2) is 5.96 Å². The number of guanidine groups is 1. The molecule has 0 bridgehead atoms. The molecule has 3 rings (SSSR count). The van der Waals surface area contributed by atoms with Gasteiger partial charge >= 0.3 is 6.36 Å². The Morgan fingerprint density at radius 2 is 1.86 bits per heavy atom. The van der Waals surface area contributed by atoms with Gasteiger partial charge in [0.05, 0.1) is 0 Å². The number of nitrogens with one attached hydrogen (secondary N) is 1. The fourth-order valence-corrected chi connectivity index (χ4v) is 4.05. The van der Waals surface area contributed by atoms with E-state index in [0.29, 0.717) is 36.3 Å². The van der Waals surface area contributed by atoms with Gasteiger partial charge < -0.3 is 25.0 Å². The number of piperidine rings is 1. The lowest BCUT2D eigenvalue weighted by atomic mass is 9.92. The van der Waals surface area contributed by atoms with Gasteiger partial charge in [-0.1, -0.05) is 32.9 Å². The van der Waals surface area contributed by atoms with E-state index in [1.54, 1.807) is 18.2 Å². The Morgan fingerprint density at radius 3 is 2.49 bits per heavy atom. The lowest BCUT2D eigenvalue weighted by Gasteiger charge is -2.40. The van der Waals surface area contributed by atoms with E-state index in [1.807, 2.05) is 17.0 Å². The van der Waals surface area contributed by atoms with Crippen molar-refractivity contribution in [2.75, 3.05) is 31.1 Å². The quantitative estimate of drug-likeness (QED) is 0.369. The van der Waals surface area contributed by atoms with Crippen LogP contribution in [-0.4, -0.2) is 43.4 Å². The summed E-state index contributed by atoms with van der Waals surface area (Å²) in [7, 11) is 0. The van der Waals surface area contributed by atoms with Gasteiger partial charge in [0, 0.05) is 25.3 Å². The average molecular weight is 493 g/mol. The Morgan fingerprint density at radius 1 is 1.14 bits per heavy atom. The van der Waals surface area contributed by atoms with Crippen LogP contribution in [0.3, 0.4) is 0 Å².